The van der Waals surface area contributed by atoms with Gasteiger partial charge in [0.25, 0.3) is 5.09 Å². The Labute approximate surface area is 66.9 Å². The zero-order chi connectivity index (χ0) is 9.44. The second-order valence-corrected chi connectivity index (χ2v) is 2.13. The molecule has 0 radical (unpaired) electrons. The van der Waals surface area contributed by atoms with Crippen molar-refractivity contribution in [3.63, 3.8) is 0 Å². The van der Waals surface area contributed by atoms with Crippen LogP contribution in [-0.2, 0) is 18.5 Å². The molecule has 1 N–H and O–H groups in total. The Morgan fingerprint density at radius 3 is 1.18 bits per heavy atom. The van der Waals surface area contributed by atoms with E-state index in [0.717, 1.165) is 0 Å². The fourth-order valence-corrected chi connectivity index (χ4v) is 0.249. The van der Waals surface area contributed by atoms with Crippen molar-refractivity contribution in [2.75, 3.05) is 0 Å². The third-order valence-corrected chi connectivity index (χ3v) is 0.611. The minimum atomic E-state index is -1.58. The summed E-state index contributed by atoms with van der Waals surface area (Å²) in [6, 6.07) is 0. The summed E-state index contributed by atoms with van der Waals surface area (Å²) in [7, 11) is 0. The Kier molecular flexibility index (Phi) is 7.61. The number of hydrogen-bond donors (Lipinski definition) is 1. The molecule has 0 unspecified atom stereocenters. The van der Waals surface area contributed by atoms with E-state index in [0.29, 0.717) is 0 Å². The van der Waals surface area contributed by atoms with Gasteiger partial charge in [0.15, 0.2) is 0 Å². The topological polar surface area (TPSA) is 150 Å². The van der Waals surface area contributed by atoms with E-state index in [2.05, 4.69) is 0 Å². The Morgan fingerprint density at radius 1 is 1.00 bits per heavy atom. The Hall–Kier alpha value is -1.34. The molecule has 0 amide bonds. The van der Waals surface area contributed by atoms with Gasteiger partial charge in [0.2, 0.25) is 0 Å². The van der Waals surface area contributed by atoms with Crippen LogP contribution in [0.25, 0.3) is 0 Å². The summed E-state index contributed by atoms with van der Waals surface area (Å²) in [5.41, 5.74) is 0. The van der Waals surface area contributed by atoms with Crippen molar-refractivity contribution in [2.45, 2.75) is 0 Å². The molecule has 0 atom stereocenters. The van der Waals surface area contributed by atoms with Crippen LogP contribution in [0.2, 0.25) is 0 Å². The van der Waals surface area contributed by atoms with Crippen molar-refractivity contribution in [1.82, 2.24) is 0 Å². The molecular weight excluding hydrogens is 260 g/mol. The maximum atomic E-state index is 9.20. The van der Waals surface area contributed by atoms with Crippen molar-refractivity contribution in [3.8, 4) is 0 Å². The summed E-state index contributed by atoms with van der Waals surface area (Å²) in [5, 5.41) is 32.0. The van der Waals surface area contributed by atoms with Crippen LogP contribution in [-0.4, -0.2) is 17.4 Å². The van der Waals surface area contributed by atoms with Crippen molar-refractivity contribution in [3.05, 3.63) is 30.3 Å². The molecule has 11 heteroatoms. The summed E-state index contributed by atoms with van der Waals surface area (Å²) >= 11 is -1.58. The van der Waals surface area contributed by atoms with Crippen molar-refractivity contribution < 1.29 is 35.9 Å². The molecule has 0 bridgehead atoms. The van der Waals surface area contributed by atoms with E-state index in [1.54, 1.807) is 0 Å². The third kappa shape index (κ3) is 54.2. The first-order chi connectivity index (χ1) is 4.86. The van der Waals surface area contributed by atoms with Gasteiger partial charge < -0.3 is 5.21 Å². The predicted octanol–water partition coefficient (Wildman–Crippen LogP) is -0.895. The van der Waals surface area contributed by atoms with Crippen LogP contribution in [0.15, 0.2) is 0 Å². The zero-order valence-electron chi connectivity index (χ0n) is 4.55. The molecule has 0 aliphatic carbocycles. The van der Waals surface area contributed by atoms with Crippen LogP contribution in [0.3, 0.4) is 0 Å². The minimum absolute atomic E-state index is 0.950. The predicted molar refractivity (Wildman–Crippen MR) is 22.8 cm³/mol. The van der Waals surface area contributed by atoms with Gasteiger partial charge in [-0.25, -0.2) is 0 Å². The average Bonchev–Trinajstić information content (AvgIpc) is 1.56. The summed E-state index contributed by atoms with van der Waals surface area (Å²) in [5.74, 6) is 0. The number of rotatable bonds is 2. The molecule has 68 valence electrons. The van der Waals surface area contributed by atoms with Crippen LogP contribution in [0.1, 0.15) is 0 Å². The van der Waals surface area contributed by atoms with E-state index in [9.17, 15) is 20.2 Å². The SMILES string of the molecule is O=[N+]([O-])O.O=[N+]([O-])[Pd][N+](=O)[O-]. The summed E-state index contributed by atoms with van der Waals surface area (Å²) in [4.78, 5) is 26.8. The first-order valence-electron chi connectivity index (χ1n) is 1.58. The van der Waals surface area contributed by atoms with Crippen LogP contribution < -0.4 is 0 Å². The van der Waals surface area contributed by atoms with E-state index in [-0.39, 0.29) is 0 Å². The van der Waals surface area contributed by atoms with Crippen LogP contribution in [0.4, 0.5) is 0 Å². The summed E-state index contributed by atoms with van der Waals surface area (Å²) < 4.78 is -1.90. The molecule has 0 saturated heterocycles. The molecular formula is HN3O7Pd. The van der Waals surface area contributed by atoms with Crippen molar-refractivity contribution in [2.24, 2.45) is 0 Å². The van der Waals surface area contributed by atoms with Crippen LogP contribution >= 0.6 is 0 Å². The Bertz CT molecular complexity index is 147. The quantitative estimate of drug-likeness (QED) is 0.384. The Balaban J connectivity index is 0. The number of nitrogens with zero attached hydrogens (tertiary/aromatic N) is 3. The van der Waals surface area contributed by atoms with Gasteiger partial charge in [-0.15, -0.1) is 10.1 Å². The normalized spacial score (nSPS) is 7.64. The van der Waals surface area contributed by atoms with E-state index in [4.69, 9.17) is 15.3 Å². The standard InChI is InChI=1S/HNO3.2NO2.Pd/c2-1(3)4;2*2-1-3;/h(H,2,3,4);;;. The molecule has 0 rings (SSSR count). The van der Waals surface area contributed by atoms with Crippen molar-refractivity contribution >= 4 is 0 Å². The molecule has 11 heavy (non-hydrogen) atoms. The van der Waals surface area contributed by atoms with Crippen molar-refractivity contribution in [1.29, 1.82) is 0 Å². The molecule has 0 saturated carbocycles. The molecule has 10 nitrogen and oxygen atoms in total. The molecule has 0 spiro atoms. The maximum absolute atomic E-state index is 9.20. The molecule has 0 aromatic carbocycles. The Morgan fingerprint density at radius 2 is 1.18 bits per heavy atom. The van der Waals surface area contributed by atoms with Gasteiger partial charge in [-0.05, 0) is 0 Å². The molecule has 0 aromatic heterocycles. The van der Waals surface area contributed by atoms with Gasteiger partial charge in [-0.3, -0.25) is 0 Å². The molecule has 0 heterocycles. The van der Waals surface area contributed by atoms with Gasteiger partial charge in [-0.2, -0.15) is 0 Å². The zero-order valence-corrected chi connectivity index (χ0v) is 6.11. The monoisotopic (exact) mass is 261 g/mol. The fraction of sp³-hybridized carbons (Fsp3) is 0. The van der Waals surface area contributed by atoms with Gasteiger partial charge in [0.05, 0.1) is 0 Å². The van der Waals surface area contributed by atoms with Crippen LogP contribution in [0.5, 0.6) is 0 Å². The number of nitro groups is 2. The molecule has 0 aromatic rings. The second-order valence-electron chi connectivity index (χ2n) is 0.681. The molecule has 0 aliphatic heterocycles. The first-order valence-corrected chi connectivity index (χ1v) is 2.97. The van der Waals surface area contributed by atoms with Crippen LogP contribution in [0, 0.1) is 30.3 Å². The van der Waals surface area contributed by atoms with Gasteiger partial charge in [0.1, 0.15) is 0 Å². The molecule has 0 fully saturated rings. The summed E-state index contributed by atoms with van der Waals surface area (Å²) in [6.45, 7) is 0. The second kappa shape index (κ2) is 6.78. The van der Waals surface area contributed by atoms with E-state index < -0.39 is 30.7 Å². The summed E-state index contributed by atoms with van der Waals surface area (Å²) in [6.07, 6.45) is 0. The van der Waals surface area contributed by atoms with Gasteiger partial charge >= 0.3 is 45.8 Å². The van der Waals surface area contributed by atoms with Gasteiger partial charge in [0, 0.05) is 0 Å². The van der Waals surface area contributed by atoms with E-state index in [1.807, 2.05) is 0 Å². The first kappa shape index (κ1) is 12.3. The van der Waals surface area contributed by atoms with E-state index >= 15 is 0 Å². The number of hydrogen-bond acceptors (Lipinski definition) is 6. The molecule has 0 aliphatic rings. The van der Waals surface area contributed by atoms with E-state index in [1.165, 1.54) is 0 Å². The average molecular weight is 261 g/mol. The van der Waals surface area contributed by atoms with Gasteiger partial charge in [-0.1, -0.05) is 0 Å². The fourth-order valence-electron chi connectivity index (χ4n) is 0.0422. The third-order valence-electron chi connectivity index (χ3n) is 0.103.